The van der Waals surface area contributed by atoms with E-state index in [1.54, 1.807) is 0 Å². The van der Waals surface area contributed by atoms with Crippen LogP contribution >= 0.6 is 0 Å². The van der Waals surface area contributed by atoms with E-state index in [-0.39, 0.29) is 12.1 Å². The van der Waals surface area contributed by atoms with Crippen molar-refractivity contribution in [1.29, 1.82) is 0 Å². The Morgan fingerprint density at radius 3 is 2.47 bits per heavy atom. The molecular weight excluding hydrogens is 219 g/mol. The van der Waals surface area contributed by atoms with Gasteiger partial charge >= 0.3 is 0 Å². The molecule has 2 aliphatic rings. The lowest BCUT2D eigenvalue weighted by molar-refractivity contribution is -0.191. The lowest BCUT2D eigenvalue weighted by Gasteiger charge is -2.29. The van der Waals surface area contributed by atoms with Crippen LogP contribution in [0.15, 0.2) is 11.4 Å². The van der Waals surface area contributed by atoms with Crippen molar-refractivity contribution < 1.29 is 13.9 Å². The van der Waals surface area contributed by atoms with Crippen LogP contribution in [-0.4, -0.2) is 19.5 Å². The van der Waals surface area contributed by atoms with Crippen molar-refractivity contribution in [3.8, 4) is 0 Å². The summed E-state index contributed by atoms with van der Waals surface area (Å²) in [7, 11) is 0. The number of ether oxygens (including phenoxy) is 2. The van der Waals surface area contributed by atoms with Crippen LogP contribution in [0.1, 0.15) is 46.0 Å². The Bertz CT molecular complexity index is 280. The second-order valence-corrected chi connectivity index (χ2v) is 5.47. The molecule has 0 radical (unpaired) electrons. The van der Waals surface area contributed by atoms with Crippen LogP contribution < -0.4 is 0 Å². The molecule has 2 rings (SSSR count). The van der Waals surface area contributed by atoms with E-state index in [0.29, 0.717) is 18.3 Å². The van der Waals surface area contributed by atoms with Crippen LogP contribution in [0, 0.1) is 11.8 Å². The Morgan fingerprint density at radius 2 is 1.82 bits per heavy atom. The topological polar surface area (TPSA) is 18.5 Å². The molecule has 2 nitrogen and oxygen atoms in total. The number of hydrogen-bond acceptors (Lipinski definition) is 2. The monoisotopic (exact) mass is 242 g/mol. The minimum Gasteiger partial charge on any atom is -0.353 e. The van der Waals surface area contributed by atoms with E-state index < -0.39 is 0 Å². The van der Waals surface area contributed by atoms with Crippen molar-refractivity contribution in [3.63, 3.8) is 0 Å². The first-order valence-electron chi connectivity index (χ1n) is 6.72. The van der Waals surface area contributed by atoms with Gasteiger partial charge in [-0.1, -0.05) is 0 Å². The first kappa shape index (κ1) is 13.0. The van der Waals surface area contributed by atoms with Crippen LogP contribution in [0.25, 0.3) is 0 Å². The van der Waals surface area contributed by atoms with E-state index >= 15 is 0 Å². The molecule has 0 aromatic carbocycles. The van der Waals surface area contributed by atoms with Gasteiger partial charge in [-0.25, -0.2) is 4.39 Å². The van der Waals surface area contributed by atoms with Gasteiger partial charge in [0.25, 0.3) is 0 Å². The fourth-order valence-corrected chi connectivity index (χ4v) is 2.61. The highest BCUT2D eigenvalue weighted by atomic mass is 19.1. The summed E-state index contributed by atoms with van der Waals surface area (Å²) >= 11 is 0. The molecule has 3 heteroatoms. The average molecular weight is 242 g/mol. The second-order valence-electron chi connectivity index (χ2n) is 5.47. The van der Waals surface area contributed by atoms with Crippen molar-refractivity contribution in [1.82, 2.24) is 0 Å². The molecule has 17 heavy (non-hydrogen) atoms. The largest absolute Gasteiger partial charge is 0.353 e. The number of rotatable bonds is 3. The molecule has 0 saturated carbocycles. The van der Waals surface area contributed by atoms with Crippen LogP contribution in [0.2, 0.25) is 0 Å². The van der Waals surface area contributed by atoms with E-state index in [9.17, 15) is 4.39 Å². The fraction of sp³-hybridized carbons (Fsp3) is 0.857. The van der Waals surface area contributed by atoms with E-state index in [4.69, 9.17) is 9.47 Å². The van der Waals surface area contributed by atoms with Crippen molar-refractivity contribution >= 4 is 0 Å². The van der Waals surface area contributed by atoms with Crippen molar-refractivity contribution in [2.75, 3.05) is 13.2 Å². The number of halogens is 1. The lowest BCUT2D eigenvalue weighted by atomic mass is 9.84. The summed E-state index contributed by atoms with van der Waals surface area (Å²) in [6, 6.07) is 0. The zero-order chi connectivity index (χ0) is 12.3. The zero-order valence-electron chi connectivity index (χ0n) is 10.9. The van der Waals surface area contributed by atoms with Gasteiger partial charge in [0.05, 0.1) is 19.0 Å². The molecule has 98 valence electrons. The molecule has 1 saturated heterocycles. The first-order valence-corrected chi connectivity index (χ1v) is 6.72. The molecule has 0 N–H and O–H groups in total. The predicted octanol–water partition coefficient (Wildman–Crippen LogP) is 3.82. The highest BCUT2D eigenvalue weighted by Crippen LogP contribution is 2.33. The number of hydrogen-bond donors (Lipinski definition) is 0. The van der Waals surface area contributed by atoms with Gasteiger partial charge in [-0.3, -0.25) is 0 Å². The molecule has 1 unspecified atom stereocenters. The van der Waals surface area contributed by atoms with Crippen LogP contribution in [0.3, 0.4) is 0 Å². The molecule has 1 heterocycles. The Morgan fingerprint density at radius 1 is 1.18 bits per heavy atom. The fourth-order valence-electron chi connectivity index (χ4n) is 2.61. The highest BCUT2D eigenvalue weighted by molar-refractivity contribution is 5.09. The maximum atomic E-state index is 13.5. The summed E-state index contributed by atoms with van der Waals surface area (Å²) in [6.07, 6.45) is 4.88. The smallest absolute Gasteiger partial charge is 0.154 e. The highest BCUT2D eigenvalue weighted by Gasteiger charge is 2.23. The Labute approximate surface area is 103 Å². The van der Waals surface area contributed by atoms with Gasteiger partial charge < -0.3 is 9.47 Å². The third kappa shape index (κ3) is 3.78. The second kappa shape index (κ2) is 5.96. The lowest BCUT2D eigenvalue weighted by Crippen LogP contribution is -2.30. The van der Waals surface area contributed by atoms with Gasteiger partial charge in [0.1, 0.15) is 0 Å². The summed E-state index contributed by atoms with van der Waals surface area (Å²) in [6.45, 7) is 5.44. The Kier molecular flexibility index (Phi) is 4.57. The molecule has 0 bridgehead atoms. The summed E-state index contributed by atoms with van der Waals surface area (Å²) in [5.41, 5.74) is 0.958. The Hall–Kier alpha value is -0.410. The minimum atomic E-state index is -0.0519. The molecule has 1 aliphatic carbocycles. The van der Waals surface area contributed by atoms with Crippen molar-refractivity contribution in [3.05, 3.63) is 11.4 Å². The van der Waals surface area contributed by atoms with E-state index in [1.165, 1.54) is 0 Å². The molecule has 0 spiro atoms. The molecule has 0 aromatic rings. The van der Waals surface area contributed by atoms with Gasteiger partial charge in [0.2, 0.25) is 0 Å². The normalized spacial score (nSPS) is 35.1. The van der Waals surface area contributed by atoms with Crippen LogP contribution in [-0.2, 0) is 9.47 Å². The van der Waals surface area contributed by atoms with Crippen LogP contribution in [0.5, 0.6) is 0 Å². The van der Waals surface area contributed by atoms with Gasteiger partial charge in [-0.05, 0) is 51.0 Å². The van der Waals surface area contributed by atoms with Crippen molar-refractivity contribution in [2.24, 2.45) is 11.8 Å². The first-order chi connectivity index (χ1) is 8.15. The van der Waals surface area contributed by atoms with E-state index in [1.807, 2.05) is 13.8 Å². The van der Waals surface area contributed by atoms with Crippen molar-refractivity contribution in [2.45, 2.75) is 52.2 Å². The van der Waals surface area contributed by atoms with E-state index in [0.717, 1.165) is 44.5 Å². The predicted molar refractivity (Wildman–Crippen MR) is 65.2 cm³/mol. The maximum Gasteiger partial charge on any atom is 0.154 e. The summed E-state index contributed by atoms with van der Waals surface area (Å²) in [4.78, 5) is 0. The summed E-state index contributed by atoms with van der Waals surface area (Å²) in [5, 5.41) is 0. The zero-order valence-corrected chi connectivity index (χ0v) is 10.9. The third-order valence-electron chi connectivity index (χ3n) is 3.97. The molecular formula is C14H23FO2. The summed E-state index contributed by atoms with van der Waals surface area (Å²) < 4.78 is 24.4. The average Bonchev–Trinajstić information content (AvgIpc) is 2.33. The molecule has 1 atom stereocenters. The molecule has 1 aliphatic heterocycles. The third-order valence-corrected chi connectivity index (χ3v) is 3.97. The quantitative estimate of drug-likeness (QED) is 0.749. The molecule has 1 fully saturated rings. The van der Waals surface area contributed by atoms with Gasteiger partial charge in [-0.15, -0.1) is 0 Å². The standard InChI is InChI=1S/C14H23FO2/c1-10-3-4-12(7-14(10)15)5-6-13-8-16-11(2)17-9-13/h11-13H,3-9H2,1-2H3. The number of allylic oxidation sites excluding steroid dienone is 2. The molecule has 0 amide bonds. The van der Waals surface area contributed by atoms with Gasteiger partial charge in [-0.2, -0.15) is 0 Å². The summed E-state index contributed by atoms with van der Waals surface area (Å²) in [5.74, 6) is 1.16. The van der Waals surface area contributed by atoms with Crippen LogP contribution in [0.4, 0.5) is 4.39 Å². The Balaban J connectivity index is 1.69. The molecule has 0 aromatic heterocycles. The minimum absolute atomic E-state index is 0.0519. The maximum absolute atomic E-state index is 13.5. The van der Waals surface area contributed by atoms with Gasteiger partial charge in [0.15, 0.2) is 6.29 Å². The van der Waals surface area contributed by atoms with Gasteiger partial charge in [0, 0.05) is 12.3 Å². The SMILES string of the molecule is CC1=C(F)CC(CCC2COC(C)OC2)CC1. The van der Waals surface area contributed by atoms with E-state index in [2.05, 4.69) is 0 Å².